The molecule has 0 N–H and O–H groups in total. The molecule has 6 nitrogen and oxygen atoms in total. The van der Waals surface area contributed by atoms with Crippen LogP contribution < -0.4 is 0 Å². The molecule has 2 aromatic rings. The van der Waals surface area contributed by atoms with Crippen molar-refractivity contribution in [1.29, 1.82) is 0 Å². The van der Waals surface area contributed by atoms with Gasteiger partial charge in [-0.2, -0.15) is 0 Å². The number of hydrogen-bond acceptors (Lipinski definition) is 4. The third kappa shape index (κ3) is 7.12. The number of nitrogens with zero attached hydrogens (tertiary/aromatic N) is 2. The van der Waals surface area contributed by atoms with Gasteiger partial charge < -0.3 is 19.3 Å². The largest absolute Gasteiger partial charge is 0.376 e. The van der Waals surface area contributed by atoms with Crippen molar-refractivity contribution >= 4 is 11.8 Å². The highest BCUT2D eigenvalue weighted by atomic mass is 19.1. The maximum atomic E-state index is 13.6. The zero-order valence-corrected chi connectivity index (χ0v) is 20.6. The lowest BCUT2D eigenvalue weighted by atomic mass is 9.87. The van der Waals surface area contributed by atoms with Gasteiger partial charge in [-0.1, -0.05) is 42.5 Å². The van der Waals surface area contributed by atoms with Gasteiger partial charge >= 0.3 is 0 Å². The van der Waals surface area contributed by atoms with Crippen LogP contribution in [0.25, 0.3) is 0 Å². The van der Waals surface area contributed by atoms with Gasteiger partial charge in [0.25, 0.3) is 0 Å². The number of carbonyl (C=O) groups excluding carboxylic acids is 2. The Morgan fingerprint density at radius 2 is 1.89 bits per heavy atom. The lowest BCUT2D eigenvalue weighted by Gasteiger charge is -2.37. The summed E-state index contributed by atoms with van der Waals surface area (Å²) in [4.78, 5) is 30.2. The van der Waals surface area contributed by atoms with Crippen LogP contribution in [0.5, 0.6) is 0 Å². The molecule has 35 heavy (non-hydrogen) atoms. The molecule has 7 heteroatoms. The van der Waals surface area contributed by atoms with Gasteiger partial charge in [0, 0.05) is 32.2 Å². The van der Waals surface area contributed by atoms with Crippen LogP contribution in [0.4, 0.5) is 4.39 Å². The minimum absolute atomic E-state index is 0.0148. The molecule has 2 saturated heterocycles. The third-order valence-corrected chi connectivity index (χ3v) is 6.77. The van der Waals surface area contributed by atoms with Crippen LogP contribution in [0.1, 0.15) is 37.8 Å². The lowest BCUT2D eigenvalue weighted by Crippen LogP contribution is -2.46. The van der Waals surface area contributed by atoms with Gasteiger partial charge in [0.15, 0.2) is 0 Å². The smallest absolute Gasteiger partial charge is 0.242 e. The van der Waals surface area contributed by atoms with E-state index in [1.165, 1.54) is 12.1 Å². The second kappa shape index (κ2) is 11.3. The minimum atomic E-state index is -0.364. The first-order valence-electron chi connectivity index (χ1n) is 12.4. The Kier molecular flexibility index (Phi) is 8.19. The minimum Gasteiger partial charge on any atom is -0.376 e. The molecule has 0 aromatic heterocycles. The maximum absolute atomic E-state index is 13.6. The number of hydrogen-bond donors (Lipinski definition) is 0. The van der Waals surface area contributed by atoms with E-state index in [1.807, 2.05) is 50.2 Å². The summed E-state index contributed by atoms with van der Waals surface area (Å²) in [6, 6.07) is 16.3. The van der Waals surface area contributed by atoms with E-state index in [2.05, 4.69) is 0 Å². The fourth-order valence-electron chi connectivity index (χ4n) is 4.92. The van der Waals surface area contributed by atoms with Crippen molar-refractivity contribution in [2.45, 2.75) is 51.4 Å². The van der Waals surface area contributed by atoms with E-state index < -0.39 is 0 Å². The second-order valence-electron chi connectivity index (χ2n) is 10.2. The standard InChI is InChI=1S/C28H35FN2O4/c1-28(2)16-23(12-14-35-28)27(33)31-18-25(34-20-22-9-6-10-24(29)15-22)17-30(26(32)19-31)13-11-21-7-4-3-5-8-21/h3-10,15,23,25H,11-14,16-20H2,1-2H3/t23-,25-/m0/s1. The molecule has 0 spiro atoms. The molecular formula is C28H35FN2O4. The van der Waals surface area contributed by atoms with Crippen LogP contribution in [0.3, 0.4) is 0 Å². The van der Waals surface area contributed by atoms with Crippen molar-refractivity contribution in [1.82, 2.24) is 9.80 Å². The SMILES string of the molecule is CC1(C)C[C@@H](C(=O)N2CC(=O)N(CCc3ccccc3)C[C@H](OCc3cccc(F)c3)C2)CCO1. The molecule has 0 radical (unpaired) electrons. The summed E-state index contributed by atoms with van der Waals surface area (Å²) in [5.74, 6) is -0.576. The van der Waals surface area contributed by atoms with Crippen LogP contribution in [0, 0.1) is 11.7 Å². The first-order chi connectivity index (χ1) is 16.8. The van der Waals surface area contributed by atoms with Crippen molar-refractivity contribution in [2.24, 2.45) is 5.92 Å². The second-order valence-corrected chi connectivity index (χ2v) is 10.2. The number of benzene rings is 2. The molecule has 0 bridgehead atoms. The molecule has 2 aliphatic rings. The number of amides is 2. The number of ether oxygens (including phenoxy) is 2. The van der Waals surface area contributed by atoms with Crippen LogP contribution >= 0.6 is 0 Å². The van der Waals surface area contributed by atoms with Crippen molar-refractivity contribution in [2.75, 3.05) is 32.8 Å². The summed E-state index contributed by atoms with van der Waals surface area (Å²) in [5.41, 5.74) is 1.52. The highest BCUT2D eigenvalue weighted by Crippen LogP contribution is 2.30. The van der Waals surface area contributed by atoms with Crippen molar-refractivity contribution in [3.05, 3.63) is 71.5 Å². The summed E-state index contributed by atoms with van der Waals surface area (Å²) < 4.78 is 25.6. The van der Waals surface area contributed by atoms with E-state index in [1.54, 1.807) is 15.9 Å². The molecular weight excluding hydrogens is 447 g/mol. The van der Waals surface area contributed by atoms with Crippen LogP contribution in [0.2, 0.25) is 0 Å². The molecule has 4 rings (SSSR count). The normalized spacial score (nSPS) is 22.7. The van der Waals surface area contributed by atoms with Gasteiger partial charge in [0.2, 0.25) is 11.8 Å². The predicted molar refractivity (Wildman–Crippen MR) is 131 cm³/mol. The zero-order chi connectivity index (χ0) is 24.8. The van der Waals surface area contributed by atoms with Crippen LogP contribution in [-0.2, 0) is 32.1 Å². The molecule has 188 valence electrons. The van der Waals surface area contributed by atoms with Crippen LogP contribution in [0.15, 0.2) is 54.6 Å². The van der Waals surface area contributed by atoms with Crippen molar-refractivity contribution in [3.8, 4) is 0 Å². The maximum Gasteiger partial charge on any atom is 0.242 e. The summed E-state index contributed by atoms with van der Waals surface area (Å²) in [6.07, 6.45) is 1.64. The van der Waals surface area contributed by atoms with Gasteiger partial charge in [0.1, 0.15) is 5.82 Å². The highest BCUT2D eigenvalue weighted by molar-refractivity contribution is 5.86. The molecule has 2 atom stereocenters. The Balaban J connectivity index is 1.47. The number of carbonyl (C=O) groups is 2. The first-order valence-corrected chi connectivity index (χ1v) is 12.4. The molecule has 0 saturated carbocycles. The van der Waals surface area contributed by atoms with Gasteiger partial charge in [-0.3, -0.25) is 9.59 Å². The monoisotopic (exact) mass is 482 g/mol. The van der Waals surface area contributed by atoms with Crippen molar-refractivity contribution in [3.63, 3.8) is 0 Å². The molecule has 2 amide bonds. The Morgan fingerprint density at radius 3 is 2.63 bits per heavy atom. The average Bonchev–Trinajstić information content (AvgIpc) is 2.99. The first kappa shape index (κ1) is 25.3. The number of halogens is 1. The van der Waals surface area contributed by atoms with Gasteiger partial charge in [-0.15, -0.1) is 0 Å². The van der Waals surface area contributed by atoms with Gasteiger partial charge in [0.05, 0.1) is 24.9 Å². The van der Waals surface area contributed by atoms with Gasteiger partial charge in [-0.25, -0.2) is 4.39 Å². The zero-order valence-electron chi connectivity index (χ0n) is 20.6. The van der Waals surface area contributed by atoms with E-state index in [0.717, 1.165) is 17.5 Å². The third-order valence-electron chi connectivity index (χ3n) is 6.77. The van der Waals surface area contributed by atoms with E-state index in [-0.39, 0.29) is 48.4 Å². The predicted octanol–water partition coefficient (Wildman–Crippen LogP) is 3.83. The van der Waals surface area contributed by atoms with E-state index >= 15 is 0 Å². The Labute approximate surface area is 207 Å². The molecule has 0 unspecified atom stereocenters. The van der Waals surface area contributed by atoms with Gasteiger partial charge in [-0.05, 0) is 56.4 Å². The fraction of sp³-hybridized carbons (Fsp3) is 0.500. The summed E-state index contributed by atoms with van der Waals surface area (Å²) in [6.45, 7) is 6.07. The Bertz CT molecular complexity index is 1010. The lowest BCUT2D eigenvalue weighted by molar-refractivity contribution is -0.149. The van der Waals surface area contributed by atoms with E-state index in [0.29, 0.717) is 39.1 Å². The summed E-state index contributed by atoms with van der Waals surface area (Å²) >= 11 is 0. The summed E-state index contributed by atoms with van der Waals surface area (Å²) in [5, 5.41) is 0. The summed E-state index contributed by atoms with van der Waals surface area (Å²) in [7, 11) is 0. The van der Waals surface area contributed by atoms with Crippen molar-refractivity contribution < 1.29 is 23.5 Å². The molecule has 0 aliphatic carbocycles. The fourth-order valence-corrected chi connectivity index (χ4v) is 4.92. The van der Waals surface area contributed by atoms with E-state index in [9.17, 15) is 14.0 Å². The number of rotatable bonds is 7. The topological polar surface area (TPSA) is 59.1 Å². The Hall–Kier alpha value is -2.77. The molecule has 2 aromatic carbocycles. The average molecular weight is 483 g/mol. The molecule has 2 fully saturated rings. The highest BCUT2D eigenvalue weighted by Gasteiger charge is 2.38. The van der Waals surface area contributed by atoms with E-state index in [4.69, 9.17) is 9.47 Å². The Morgan fingerprint density at radius 1 is 1.11 bits per heavy atom. The molecule has 2 aliphatic heterocycles. The quantitative estimate of drug-likeness (QED) is 0.602. The van der Waals surface area contributed by atoms with Crippen LogP contribution in [-0.4, -0.2) is 66.1 Å². The molecule has 2 heterocycles.